The number of hydrogen-bond donors (Lipinski definition) is 2. The van der Waals surface area contributed by atoms with Crippen molar-refractivity contribution in [2.75, 3.05) is 6.54 Å². The van der Waals surface area contributed by atoms with E-state index in [1.807, 2.05) is 0 Å². The molecular weight excluding hydrogens is 233 g/mol. The maximum Gasteiger partial charge on any atom is 0.254 e. The highest BCUT2D eigenvalue weighted by atomic mass is 19.1. The van der Waals surface area contributed by atoms with Crippen LogP contribution in [0.3, 0.4) is 0 Å². The summed E-state index contributed by atoms with van der Waals surface area (Å²) in [5.74, 6) is -0.650. The molecule has 0 unspecified atom stereocenters. The SMILES string of the molecule is CC(C)CCCCNC(=O)c1ccc(O)cc1F. The monoisotopic (exact) mass is 253 g/mol. The lowest BCUT2D eigenvalue weighted by Crippen LogP contribution is -2.25. The second-order valence-electron chi connectivity index (χ2n) is 4.81. The lowest BCUT2D eigenvalue weighted by atomic mass is 10.1. The minimum atomic E-state index is -0.699. The summed E-state index contributed by atoms with van der Waals surface area (Å²) < 4.78 is 13.4. The van der Waals surface area contributed by atoms with Crippen LogP contribution in [0, 0.1) is 11.7 Å². The largest absolute Gasteiger partial charge is 0.508 e. The van der Waals surface area contributed by atoms with Gasteiger partial charge in [-0.05, 0) is 24.5 Å². The summed E-state index contributed by atoms with van der Waals surface area (Å²) in [6.45, 7) is 4.86. The topological polar surface area (TPSA) is 49.3 Å². The molecule has 1 aromatic rings. The van der Waals surface area contributed by atoms with Crippen LogP contribution >= 0.6 is 0 Å². The average Bonchev–Trinajstić information content (AvgIpc) is 2.27. The predicted octanol–water partition coefficient (Wildman–Crippen LogP) is 3.09. The molecule has 0 aliphatic heterocycles. The van der Waals surface area contributed by atoms with Crippen LogP contribution in [0.1, 0.15) is 43.5 Å². The first-order valence-corrected chi connectivity index (χ1v) is 6.27. The van der Waals surface area contributed by atoms with Crippen LogP contribution in [0.15, 0.2) is 18.2 Å². The minimum absolute atomic E-state index is 0.0309. The van der Waals surface area contributed by atoms with E-state index >= 15 is 0 Å². The Morgan fingerprint density at radius 1 is 1.39 bits per heavy atom. The van der Waals surface area contributed by atoms with E-state index in [2.05, 4.69) is 19.2 Å². The Kier molecular flexibility index (Phi) is 5.62. The third-order valence-electron chi connectivity index (χ3n) is 2.69. The van der Waals surface area contributed by atoms with Crippen LogP contribution in [0.4, 0.5) is 4.39 Å². The quantitative estimate of drug-likeness (QED) is 0.765. The molecule has 0 aliphatic rings. The van der Waals surface area contributed by atoms with Gasteiger partial charge in [-0.2, -0.15) is 0 Å². The Morgan fingerprint density at radius 3 is 2.72 bits per heavy atom. The van der Waals surface area contributed by atoms with Crippen molar-refractivity contribution in [1.82, 2.24) is 5.32 Å². The third kappa shape index (κ3) is 4.73. The van der Waals surface area contributed by atoms with E-state index < -0.39 is 11.7 Å². The summed E-state index contributed by atoms with van der Waals surface area (Å²) in [6, 6.07) is 3.53. The van der Waals surface area contributed by atoms with Gasteiger partial charge in [0, 0.05) is 12.6 Å². The first-order valence-electron chi connectivity index (χ1n) is 6.27. The molecule has 0 fully saturated rings. The van der Waals surface area contributed by atoms with Crippen LogP contribution in [0.2, 0.25) is 0 Å². The summed E-state index contributed by atoms with van der Waals surface area (Å²) in [4.78, 5) is 11.6. The average molecular weight is 253 g/mol. The number of amides is 1. The molecule has 0 aliphatic carbocycles. The van der Waals surface area contributed by atoms with Crippen molar-refractivity contribution in [3.05, 3.63) is 29.6 Å². The Hall–Kier alpha value is -1.58. The highest BCUT2D eigenvalue weighted by Gasteiger charge is 2.11. The normalized spacial score (nSPS) is 10.7. The first-order chi connectivity index (χ1) is 8.50. The van der Waals surface area contributed by atoms with Crippen LogP contribution < -0.4 is 5.32 Å². The molecule has 18 heavy (non-hydrogen) atoms. The van der Waals surface area contributed by atoms with E-state index in [4.69, 9.17) is 5.11 Å². The fourth-order valence-corrected chi connectivity index (χ4v) is 1.66. The van der Waals surface area contributed by atoms with E-state index in [0.717, 1.165) is 25.3 Å². The fraction of sp³-hybridized carbons (Fsp3) is 0.500. The number of carbonyl (C=O) groups is 1. The number of aromatic hydroxyl groups is 1. The fourth-order valence-electron chi connectivity index (χ4n) is 1.66. The number of nitrogens with one attached hydrogen (secondary N) is 1. The van der Waals surface area contributed by atoms with Crippen molar-refractivity contribution in [2.24, 2.45) is 5.92 Å². The smallest absolute Gasteiger partial charge is 0.254 e. The Balaban J connectivity index is 2.36. The molecule has 0 aromatic heterocycles. The van der Waals surface area contributed by atoms with Gasteiger partial charge in [0.1, 0.15) is 11.6 Å². The molecule has 0 saturated carbocycles. The van der Waals surface area contributed by atoms with E-state index in [1.165, 1.54) is 12.1 Å². The molecule has 0 atom stereocenters. The van der Waals surface area contributed by atoms with Crippen LogP contribution in [0.25, 0.3) is 0 Å². The molecule has 2 N–H and O–H groups in total. The Morgan fingerprint density at radius 2 is 2.11 bits per heavy atom. The molecule has 0 saturated heterocycles. The van der Waals surface area contributed by atoms with E-state index in [9.17, 15) is 9.18 Å². The summed E-state index contributed by atoms with van der Waals surface area (Å²) in [5, 5.41) is 11.7. The molecular formula is C14H20FNO2. The van der Waals surface area contributed by atoms with E-state index in [1.54, 1.807) is 0 Å². The summed E-state index contributed by atoms with van der Waals surface area (Å²) in [6.07, 6.45) is 3.07. The standard InChI is InChI=1S/C14H20FNO2/c1-10(2)5-3-4-8-16-14(18)12-7-6-11(17)9-13(12)15/h6-7,9-10,17H,3-5,8H2,1-2H3,(H,16,18). The van der Waals surface area contributed by atoms with Crippen molar-refractivity contribution in [3.63, 3.8) is 0 Å². The van der Waals surface area contributed by atoms with Crippen LogP contribution in [-0.4, -0.2) is 17.6 Å². The van der Waals surface area contributed by atoms with Gasteiger partial charge in [-0.25, -0.2) is 4.39 Å². The minimum Gasteiger partial charge on any atom is -0.508 e. The van der Waals surface area contributed by atoms with Gasteiger partial charge in [0.25, 0.3) is 5.91 Å². The van der Waals surface area contributed by atoms with Crippen LogP contribution in [-0.2, 0) is 0 Å². The molecule has 1 amide bonds. The number of phenolic OH excluding ortho intramolecular Hbond substituents is 1. The number of rotatable bonds is 6. The maximum atomic E-state index is 13.4. The Bertz CT molecular complexity index is 405. The van der Waals surface area contributed by atoms with Gasteiger partial charge in [-0.3, -0.25) is 4.79 Å². The number of benzene rings is 1. The first kappa shape index (κ1) is 14.5. The molecule has 1 aromatic carbocycles. The van der Waals surface area contributed by atoms with Gasteiger partial charge >= 0.3 is 0 Å². The van der Waals surface area contributed by atoms with Gasteiger partial charge in [0.2, 0.25) is 0 Å². The second-order valence-corrected chi connectivity index (χ2v) is 4.81. The number of hydrogen-bond acceptors (Lipinski definition) is 2. The van der Waals surface area contributed by atoms with Gasteiger partial charge in [-0.15, -0.1) is 0 Å². The van der Waals surface area contributed by atoms with Crippen molar-refractivity contribution in [1.29, 1.82) is 0 Å². The van der Waals surface area contributed by atoms with Crippen molar-refractivity contribution in [3.8, 4) is 5.75 Å². The van der Waals surface area contributed by atoms with Crippen LogP contribution in [0.5, 0.6) is 5.75 Å². The number of unbranched alkanes of at least 4 members (excludes halogenated alkanes) is 1. The molecule has 0 heterocycles. The van der Waals surface area contributed by atoms with Crippen molar-refractivity contribution >= 4 is 5.91 Å². The van der Waals surface area contributed by atoms with E-state index in [0.29, 0.717) is 12.5 Å². The second kappa shape index (κ2) is 6.99. The lowest BCUT2D eigenvalue weighted by molar-refractivity contribution is 0.0949. The molecule has 0 spiro atoms. The molecule has 0 bridgehead atoms. The predicted molar refractivity (Wildman–Crippen MR) is 69.1 cm³/mol. The summed E-state index contributed by atoms with van der Waals surface area (Å²) >= 11 is 0. The zero-order valence-electron chi connectivity index (χ0n) is 10.9. The number of carbonyl (C=O) groups excluding carboxylic acids is 1. The molecule has 3 nitrogen and oxygen atoms in total. The zero-order chi connectivity index (χ0) is 13.5. The highest BCUT2D eigenvalue weighted by molar-refractivity contribution is 5.94. The molecule has 4 heteroatoms. The van der Waals surface area contributed by atoms with Crippen molar-refractivity contribution in [2.45, 2.75) is 33.1 Å². The molecule has 1 rings (SSSR count). The maximum absolute atomic E-state index is 13.4. The van der Waals surface area contributed by atoms with Crippen molar-refractivity contribution < 1.29 is 14.3 Å². The summed E-state index contributed by atoms with van der Waals surface area (Å²) in [7, 11) is 0. The van der Waals surface area contributed by atoms with Gasteiger partial charge in [0.05, 0.1) is 5.56 Å². The zero-order valence-corrected chi connectivity index (χ0v) is 10.9. The highest BCUT2D eigenvalue weighted by Crippen LogP contribution is 2.14. The number of halogens is 1. The number of phenols is 1. The molecule has 0 radical (unpaired) electrons. The van der Waals surface area contributed by atoms with E-state index in [-0.39, 0.29) is 11.3 Å². The molecule has 100 valence electrons. The van der Waals surface area contributed by atoms with Gasteiger partial charge in [0.15, 0.2) is 0 Å². The van der Waals surface area contributed by atoms with Gasteiger partial charge < -0.3 is 10.4 Å². The summed E-state index contributed by atoms with van der Waals surface area (Å²) in [5.41, 5.74) is -0.0309. The Labute approximate surface area is 107 Å². The third-order valence-corrected chi connectivity index (χ3v) is 2.69. The van der Waals surface area contributed by atoms with Gasteiger partial charge in [-0.1, -0.05) is 26.7 Å². The lowest BCUT2D eigenvalue weighted by Gasteiger charge is -2.07.